The highest BCUT2D eigenvalue weighted by molar-refractivity contribution is 14.0. The molecular weight excluding hydrogens is 417 g/mol. The Morgan fingerprint density at radius 1 is 1.21 bits per heavy atom. The summed E-state index contributed by atoms with van der Waals surface area (Å²) in [4.78, 5) is 8.90. The van der Waals surface area contributed by atoms with E-state index >= 15 is 0 Å². The number of hydrogen-bond acceptors (Lipinski definition) is 4. The summed E-state index contributed by atoms with van der Waals surface area (Å²) in [7, 11) is 0. The third-order valence-electron chi connectivity index (χ3n) is 3.56. The molecule has 0 saturated heterocycles. The van der Waals surface area contributed by atoms with E-state index in [1.807, 2.05) is 38.2 Å². The summed E-state index contributed by atoms with van der Waals surface area (Å²) in [5.74, 6) is 1.72. The first-order chi connectivity index (χ1) is 11.2. The molecule has 2 aromatic heterocycles. The summed E-state index contributed by atoms with van der Waals surface area (Å²) >= 11 is 0. The Labute approximate surface area is 160 Å². The van der Waals surface area contributed by atoms with Crippen LogP contribution in [0.3, 0.4) is 0 Å². The van der Waals surface area contributed by atoms with E-state index in [2.05, 4.69) is 32.7 Å². The monoisotopic (exact) mass is 443 g/mol. The first kappa shape index (κ1) is 20.4. The molecule has 0 atom stereocenters. The smallest absolute Gasteiger partial charge is 0.191 e. The number of rotatable bonds is 7. The average molecular weight is 443 g/mol. The maximum Gasteiger partial charge on any atom is 0.191 e. The van der Waals surface area contributed by atoms with Crippen LogP contribution >= 0.6 is 24.0 Å². The first-order valence-corrected chi connectivity index (χ1v) is 8.04. The molecule has 0 aliphatic heterocycles. The van der Waals surface area contributed by atoms with Crippen LogP contribution in [0.2, 0.25) is 0 Å². The van der Waals surface area contributed by atoms with E-state index < -0.39 is 0 Å². The van der Waals surface area contributed by atoms with E-state index in [-0.39, 0.29) is 24.0 Å². The van der Waals surface area contributed by atoms with Gasteiger partial charge in [0.05, 0.1) is 5.69 Å². The van der Waals surface area contributed by atoms with Gasteiger partial charge in [0.2, 0.25) is 0 Å². The molecule has 132 valence electrons. The number of hydrogen-bond donors (Lipinski definition) is 2. The van der Waals surface area contributed by atoms with E-state index in [1.165, 1.54) is 5.56 Å². The summed E-state index contributed by atoms with van der Waals surface area (Å²) in [5.41, 5.74) is 3.19. The highest BCUT2D eigenvalue weighted by Crippen LogP contribution is 2.11. The number of nitrogens with one attached hydrogen (secondary N) is 2. The lowest BCUT2D eigenvalue weighted by Crippen LogP contribution is -2.38. The lowest BCUT2D eigenvalue weighted by Gasteiger charge is -2.11. The molecule has 0 unspecified atom stereocenters. The van der Waals surface area contributed by atoms with Gasteiger partial charge in [0, 0.05) is 43.5 Å². The van der Waals surface area contributed by atoms with Crippen molar-refractivity contribution in [1.82, 2.24) is 20.8 Å². The van der Waals surface area contributed by atoms with Crippen LogP contribution in [0, 0.1) is 13.8 Å². The first-order valence-electron chi connectivity index (χ1n) is 8.04. The van der Waals surface area contributed by atoms with E-state index in [4.69, 9.17) is 4.52 Å². The second-order valence-corrected chi connectivity index (χ2v) is 5.31. The van der Waals surface area contributed by atoms with Crippen LogP contribution in [0.5, 0.6) is 0 Å². The predicted molar refractivity (Wildman–Crippen MR) is 107 cm³/mol. The number of pyridine rings is 1. The molecule has 0 saturated carbocycles. The van der Waals surface area contributed by atoms with Gasteiger partial charge in [0.1, 0.15) is 5.76 Å². The molecular formula is C17H26IN5O. The minimum absolute atomic E-state index is 0. The maximum atomic E-state index is 5.18. The summed E-state index contributed by atoms with van der Waals surface area (Å²) in [5, 5.41) is 10.6. The summed E-state index contributed by atoms with van der Waals surface area (Å²) in [6, 6.07) is 5.94. The molecule has 2 N–H and O–H groups in total. The van der Waals surface area contributed by atoms with Crippen molar-refractivity contribution in [2.45, 2.75) is 33.6 Å². The van der Waals surface area contributed by atoms with Gasteiger partial charge in [0.25, 0.3) is 0 Å². The molecule has 0 amide bonds. The van der Waals surface area contributed by atoms with Gasteiger partial charge in [-0.25, -0.2) is 0 Å². The van der Waals surface area contributed by atoms with Crippen molar-refractivity contribution in [3.05, 3.63) is 47.1 Å². The molecule has 6 nitrogen and oxygen atoms in total. The summed E-state index contributed by atoms with van der Waals surface area (Å²) in [6.07, 6.45) is 3.51. The van der Waals surface area contributed by atoms with Crippen molar-refractivity contribution < 1.29 is 4.52 Å². The Bertz CT molecular complexity index is 608. The highest BCUT2D eigenvalue weighted by atomic mass is 127. The Balaban J connectivity index is 0.00000288. The normalized spacial score (nSPS) is 11.0. The molecule has 0 spiro atoms. The Morgan fingerprint density at radius 2 is 2.04 bits per heavy atom. The number of aryl methyl sites for hydroxylation is 2. The second-order valence-electron chi connectivity index (χ2n) is 5.31. The highest BCUT2D eigenvalue weighted by Gasteiger charge is 2.08. The van der Waals surface area contributed by atoms with Gasteiger partial charge < -0.3 is 15.2 Å². The molecule has 2 heterocycles. The van der Waals surface area contributed by atoms with Crippen LogP contribution in [-0.2, 0) is 12.8 Å². The fourth-order valence-electron chi connectivity index (χ4n) is 2.33. The molecule has 2 aromatic rings. The van der Waals surface area contributed by atoms with Crippen LogP contribution < -0.4 is 10.6 Å². The van der Waals surface area contributed by atoms with Crippen LogP contribution in [-0.4, -0.2) is 35.7 Å². The zero-order chi connectivity index (χ0) is 16.5. The quantitative estimate of drug-likeness (QED) is 0.391. The largest absolute Gasteiger partial charge is 0.361 e. The van der Waals surface area contributed by atoms with E-state index in [1.54, 1.807) is 0 Å². The van der Waals surface area contributed by atoms with E-state index in [0.29, 0.717) is 6.54 Å². The van der Waals surface area contributed by atoms with Gasteiger partial charge in [-0.2, -0.15) is 0 Å². The van der Waals surface area contributed by atoms with Gasteiger partial charge in [-0.05, 0) is 39.3 Å². The molecule has 24 heavy (non-hydrogen) atoms. The third-order valence-corrected chi connectivity index (χ3v) is 3.56. The van der Waals surface area contributed by atoms with Gasteiger partial charge >= 0.3 is 0 Å². The number of halogens is 1. The molecule has 0 aliphatic rings. The minimum atomic E-state index is 0. The van der Waals surface area contributed by atoms with Crippen molar-refractivity contribution in [2.75, 3.05) is 19.6 Å². The van der Waals surface area contributed by atoms with Gasteiger partial charge in [-0.1, -0.05) is 11.2 Å². The van der Waals surface area contributed by atoms with Crippen LogP contribution in [0.25, 0.3) is 0 Å². The number of nitrogens with zero attached hydrogens (tertiary/aromatic N) is 3. The van der Waals surface area contributed by atoms with Crippen molar-refractivity contribution in [2.24, 2.45) is 4.99 Å². The topological polar surface area (TPSA) is 75.3 Å². The van der Waals surface area contributed by atoms with Crippen molar-refractivity contribution in [3.8, 4) is 0 Å². The summed E-state index contributed by atoms with van der Waals surface area (Å²) in [6.45, 7) is 8.31. The maximum absolute atomic E-state index is 5.18. The van der Waals surface area contributed by atoms with Gasteiger partial charge in [-0.15, -0.1) is 24.0 Å². The SMILES string of the molecule is CCNC(=NCCc1ccccn1)NCCc1c(C)noc1C.I. The average Bonchev–Trinajstić information content (AvgIpc) is 2.88. The van der Waals surface area contributed by atoms with Gasteiger partial charge in [0.15, 0.2) is 5.96 Å². The van der Waals surface area contributed by atoms with Crippen LogP contribution in [0.15, 0.2) is 33.9 Å². The fraction of sp³-hybridized carbons (Fsp3) is 0.471. The lowest BCUT2D eigenvalue weighted by atomic mass is 10.1. The molecule has 2 rings (SSSR count). The van der Waals surface area contributed by atoms with Crippen LogP contribution in [0.4, 0.5) is 0 Å². The van der Waals surface area contributed by atoms with E-state index in [0.717, 1.165) is 49.0 Å². The Kier molecular flexibility index (Phi) is 9.36. The molecule has 7 heteroatoms. The summed E-state index contributed by atoms with van der Waals surface area (Å²) < 4.78 is 5.18. The van der Waals surface area contributed by atoms with Crippen molar-refractivity contribution in [1.29, 1.82) is 0 Å². The molecule has 0 radical (unpaired) electrons. The standard InChI is InChI=1S/C17H25N5O.HI/c1-4-18-17(20-11-8-15-7-5-6-10-19-15)21-12-9-16-13(2)22-23-14(16)3;/h5-7,10H,4,8-9,11-12H2,1-3H3,(H2,18,20,21);1H. The molecule has 0 bridgehead atoms. The minimum Gasteiger partial charge on any atom is -0.361 e. The number of guanidine groups is 1. The van der Waals surface area contributed by atoms with Gasteiger partial charge in [-0.3, -0.25) is 9.98 Å². The molecule has 0 fully saturated rings. The number of aromatic nitrogens is 2. The van der Waals surface area contributed by atoms with Crippen LogP contribution in [0.1, 0.15) is 29.6 Å². The number of aliphatic imine (C=N–C) groups is 1. The van der Waals surface area contributed by atoms with E-state index in [9.17, 15) is 0 Å². The van der Waals surface area contributed by atoms with Crippen molar-refractivity contribution in [3.63, 3.8) is 0 Å². The fourth-order valence-corrected chi connectivity index (χ4v) is 2.33. The Morgan fingerprint density at radius 3 is 2.67 bits per heavy atom. The zero-order valence-electron chi connectivity index (χ0n) is 14.5. The molecule has 0 aliphatic carbocycles. The zero-order valence-corrected chi connectivity index (χ0v) is 16.8. The lowest BCUT2D eigenvalue weighted by molar-refractivity contribution is 0.392. The Hall–Kier alpha value is -1.64. The molecule has 0 aromatic carbocycles. The second kappa shape index (κ2) is 11.0. The van der Waals surface area contributed by atoms with Crippen molar-refractivity contribution >= 4 is 29.9 Å². The predicted octanol–water partition coefficient (Wildman–Crippen LogP) is 2.64. The third kappa shape index (κ3) is 6.46.